The molecule has 1 aliphatic carbocycles. The second-order valence-electron chi connectivity index (χ2n) is 5.91. The molecule has 2 atom stereocenters. The van der Waals surface area contributed by atoms with Crippen LogP contribution in [0.3, 0.4) is 0 Å². The van der Waals surface area contributed by atoms with Gasteiger partial charge in [0.1, 0.15) is 0 Å². The lowest BCUT2D eigenvalue weighted by Gasteiger charge is -2.29. The van der Waals surface area contributed by atoms with Crippen LogP contribution in [-0.2, 0) is 4.79 Å². The molecule has 1 aromatic rings. The molecule has 1 aliphatic rings. The van der Waals surface area contributed by atoms with Gasteiger partial charge in [-0.2, -0.15) is 0 Å². The summed E-state index contributed by atoms with van der Waals surface area (Å²) in [4.78, 5) is 22.4. The van der Waals surface area contributed by atoms with Crippen molar-refractivity contribution in [3.05, 3.63) is 46.0 Å². The second kappa shape index (κ2) is 6.70. The number of nitrogens with one attached hydrogen (secondary N) is 1. The lowest BCUT2D eigenvalue weighted by molar-refractivity contribution is -0.385. The highest BCUT2D eigenvalue weighted by Gasteiger charge is 2.38. The van der Waals surface area contributed by atoms with Gasteiger partial charge >= 0.3 is 0 Å². The first-order chi connectivity index (χ1) is 10.5. The number of nitro benzene ring substituents is 1. The molecule has 1 fully saturated rings. The number of rotatable bonds is 5. The van der Waals surface area contributed by atoms with Gasteiger partial charge in [-0.15, -0.1) is 0 Å². The number of amides is 1. The lowest BCUT2D eigenvalue weighted by Crippen LogP contribution is -2.44. The Hall–Kier alpha value is -2.21. The SMILES string of the molecule is CC1(CO)CCCC1NC(=O)/C=C/c1ccccc1[N+](=O)[O-]. The topological polar surface area (TPSA) is 92.5 Å². The third-order valence-electron chi connectivity index (χ3n) is 4.31. The van der Waals surface area contributed by atoms with E-state index in [9.17, 15) is 20.0 Å². The average molecular weight is 304 g/mol. The minimum Gasteiger partial charge on any atom is -0.396 e. The van der Waals surface area contributed by atoms with Gasteiger partial charge in [0, 0.05) is 23.6 Å². The molecule has 0 bridgehead atoms. The van der Waals surface area contributed by atoms with E-state index >= 15 is 0 Å². The minimum atomic E-state index is -0.475. The van der Waals surface area contributed by atoms with Gasteiger partial charge in [-0.1, -0.05) is 25.5 Å². The molecule has 1 aromatic carbocycles. The van der Waals surface area contributed by atoms with Crippen LogP contribution in [0.1, 0.15) is 31.7 Å². The van der Waals surface area contributed by atoms with E-state index in [1.54, 1.807) is 18.2 Å². The Balaban J connectivity index is 2.05. The normalized spacial score (nSPS) is 24.5. The summed E-state index contributed by atoms with van der Waals surface area (Å²) < 4.78 is 0. The Morgan fingerprint density at radius 1 is 1.55 bits per heavy atom. The maximum absolute atomic E-state index is 12.0. The molecule has 1 saturated carbocycles. The van der Waals surface area contributed by atoms with E-state index in [2.05, 4.69) is 5.32 Å². The largest absolute Gasteiger partial charge is 0.396 e. The van der Waals surface area contributed by atoms with Gasteiger partial charge in [-0.3, -0.25) is 14.9 Å². The molecule has 118 valence electrons. The Labute approximate surface area is 129 Å². The Bertz CT molecular complexity index is 600. The maximum Gasteiger partial charge on any atom is 0.276 e. The van der Waals surface area contributed by atoms with E-state index in [0.717, 1.165) is 19.3 Å². The molecule has 6 nitrogen and oxygen atoms in total. The Kier molecular flexibility index (Phi) is 4.92. The number of carbonyl (C=O) groups is 1. The first-order valence-corrected chi connectivity index (χ1v) is 7.29. The lowest BCUT2D eigenvalue weighted by atomic mass is 9.86. The fourth-order valence-electron chi connectivity index (χ4n) is 2.85. The molecule has 0 aliphatic heterocycles. The summed E-state index contributed by atoms with van der Waals surface area (Å²) in [5.74, 6) is -0.301. The summed E-state index contributed by atoms with van der Waals surface area (Å²) >= 11 is 0. The maximum atomic E-state index is 12.0. The van der Waals surface area contributed by atoms with Crippen molar-refractivity contribution in [1.82, 2.24) is 5.32 Å². The Morgan fingerprint density at radius 3 is 2.95 bits per heavy atom. The summed E-state index contributed by atoms with van der Waals surface area (Å²) in [5.41, 5.74) is 0.0639. The van der Waals surface area contributed by atoms with Crippen molar-refractivity contribution in [2.75, 3.05) is 6.61 Å². The molecular formula is C16H20N2O4. The number of para-hydroxylation sites is 1. The standard InChI is InChI=1S/C16H20N2O4/c1-16(11-19)10-4-7-14(16)17-15(20)9-8-12-5-2-3-6-13(12)18(21)22/h2-3,5-6,8-9,14,19H,4,7,10-11H2,1H3,(H,17,20)/b9-8+. The van der Waals surface area contributed by atoms with Gasteiger partial charge in [0.05, 0.1) is 17.1 Å². The predicted octanol–water partition coefficient (Wildman–Crippen LogP) is 2.28. The summed E-state index contributed by atoms with van der Waals surface area (Å²) in [6.07, 6.45) is 5.43. The highest BCUT2D eigenvalue weighted by molar-refractivity contribution is 5.92. The van der Waals surface area contributed by atoms with Crippen LogP contribution in [0, 0.1) is 15.5 Å². The molecule has 1 amide bonds. The molecule has 0 aromatic heterocycles. The first-order valence-electron chi connectivity index (χ1n) is 7.29. The van der Waals surface area contributed by atoms with Crippen LogP contribution in [0.25, 0.3) is 6.08 Å². The van der Waals surface area contributed by atoms with Crippen molar-refractivity contribution >= 4 is 17.7 Å². The molecular weight excluding hydrogens is 284 g/mol. The monoisotopic (exact) mass is 304 g/mol. The zero-order valence-corrected chi connectivity index (χ0v) is 12.5. The van der Waals surface area contributed by atoms with Crippen molar-refractivity contribution in [1.29, 1.82) is 0 Å². The third kappa shape index (κ3) is 3.51. The molecule has 6 heteroatoms. The van der Waals surface area contributed by atoms with E-state index in [1.807, 2.05) is 6.92 Å². The van der Waals surface area contributed by atoms with Crippen LogP contribution >= 0.6 is 0 Å². The second-order valence-corrected chi connectivity index (χ2v) is 5.91. The fourth-order valence-corrected chi connectivity index (χ4v) is 2.85. The zero-order valence-electron chi connectivity index (χ0n) is 12.5. The number of aliphatic hydroxyl groups excluding tert-OH is 1. The van der Waals surface area contributed by atoms with Crippen molar-refractivity contribution in [2.24, 2.45) is 5.41 Å². The number of hydrogen-bond acceptors (Lipinski definition) is 4. The molecule has 0 spiro atoms. The molecule has 2 N–H and O–H groups in total. The van der Waals surface area contributed by atoms with E-state index in [0.29, 0.717) is 5.56 Å². The molecule has 0 radical (unpaired) electrons. The van der Waals surface area contributed by atoms with E-state index < -0.39 is 4.92 Å². The number of nitrogens with zero attached hydrogens (tertiary/aromatic N) is 1. The summed E-state index contributed by atoms with van der Waals surface area (Å²) in [6.45, 7) is 1.99. The van der Waals surface area contributed by atoms with E-state index in [1.165, 1.54) is 18.2 Å². The van der Waals surface area contributed by atoms with Gasteiger partial charge < -0.3 is 10.4 Å². The summed E-state index contributed by atoms with van der Waals surface area (Å²) in [6, 6.07) is 6.19. The highest BCUT2D eigenvalue weighted by atomic mass is 16.6. The molecule has 2 unspecified atom stereocenters. The van der Waals surface area contributed by atoms with Crippen LogP contribution in [0.15, 0.2) is 30.3 Å². The summed E-state index contributed by atoms with van der Waals surface area (Å²) in [7, 11) is 0. The van der Waals surface area contributed by atoms with Gasteiger partial charge in [0.15, 0.2) is 0 Å². The number of carbonyl (C=O) groups excluding carboxylic acids is 1. The minimum absolute atomic E-state index is 0.0335. The smallest absolute Gasteiger partial charge is 0.276 e. The van der Waals surface area contributed by atoms with Crippen molar-refractivity contribution in [2.45, 2.75) is 32.2 Å². The number of aliphatic hydroxyl groups is 1. The van der Waals surface area contributed by atoms with Gasteiger partial charge in [0.25, 0.3) is 5.69 Å². The van der Waals surface area contributed by atoms with Crippen molar-refractivity contribution < 1.29 is 14.8 Å². The summed E-state index contributed by atoms with van der Waals surface area (Å²) in [5, 5.41) is 23.3. The van der Waals surface area contributed by atoms with Crippen LogP contribution in [0.5, 0.6) is 0 Å². The molecule has 0 saturated heterocycles. The number of hydrogen-bond donors (Lipinski definition) is 2. The van der Waals surface area contributed by atoms with Crippen LogP contribution < -0.4 is 5.32 Å². The van der Waals surface area contributed by atoms with Gasteiger partial charge in [0.2, 0.25) is 5.91 Å². The van der Waals surface area contributed by atoms with Crippen LogP contribution in [-0.4, -0.2) is 28.6 Å². The first kappa shape index (κ1) is 16.2. The van der Waals surface area contributed by atoms with E-state index in [4.69, 9.17) is 0 Å². The van der Waals surface area contributed by atoms with Crippen LogP contribution in [0.4, 0.5) is 5.69 Å². The zero-order chi connectivity index (χ0) is 16.2. The van der Waals surface area contributed by atoms with Gasteiger partial charge in [-0.25, -0.2) is 0 Å². The Morgan fingerprint density at radius 2 is 2.27 bits per heavy atom. The quantitative estimate of drug-likeness (QED) is 0.496. The van der Waals surface area contributed by atoms with Crippen molar-refractivity contribution in [3.63, 3.8) is 0 Å². The third-order valence-corrected chi connectivity index (χ3v) is 4.31. The van der Waals surface area contributed by atoms with E-state index in [-0.39, 0.29) is 29.7 Å². The highest BCUT2D eigenvalue weighted by Crippen LogP contribution is 2.37. The molecule has 22 heavy (non-hydrogen) atoms. The predicted molar refractivity (Wildman–Crippen MR) is 83.1 cm³/mol. The van der Waals surface area contributed by atoms with Crippen LogP contribution in [0.2, 0.25) is 0 Å². The molecule has 0 heterocycles. The van der Waals surface area contributed by atoms with Crippen molar-refractivity contribution in [3.8, 4) is 0 Å². The average Bonchev–Trinajstić information content (AvgIpc) is 2.87. The van der Waals surface area contributed by atoms with Gasteiger partial charge in [-0.05, 0) is 25.0 Å². The number of nitro groups is 1. The fraction of sp³-hybridized carbons (Fsp3) is 0.438. The molecule has 2 rings (SSSR count). The number of benzene rings is 1.